The first-order chi connectivity index (χ1) is 30.0. The Kier molecular flexibility index (Phi) is 12.5. The molecule has 1 saturated heterocycles. The molecule has 3 aliphatic heterocycles. The quantitative estimate of drug-likeness (QED) is 0.110. The zero-order valence-electron chi connectivity index (χ0n) is 34.8. The number of nitrogens with zero attached hydrogens (tertiary/aromatic N) is 3. The molecule has 324 valence electrons. The second-order valence-corrected chi connectivity index (χ2v) is 18.5. The van der Waals surface area contributed by atoms with Crippen molar-refractivity contribution in [3.05, 3.63) is 137 Å². The Hall–Kier alpha value is -6.35. The van der Waals surface area contributed by atoms with Crippen LogP contribution < -0.4 is 20.3 Å². The van der Waals surface area contributed by atoms with Gasteiger partial charge in [0, 0.05) is 61.2 Å². The van der Waals surface area contributed by atoms with Gasteiger partial charge >= 0.3 is 12.1 Å². The predicted octanol–water partition coefficient (Wildman–Crippen LogP) is 5.73. The summed E-state index contributed by atoms with van der Waals surface area (Å²) in [5.74, 6) is -0.681. The SMILES string of the molecule is CS(=O)(=O)N1CC2(CCN(C(=O)N[C@@H]3Cc4c([nH]c5ccccc45)CN([C@@H](CCCCNC(=O)OCc4ccccc4)C(=O)NCc4ccccc4)C3=O)CC2)c2ccccc21. The molecule has 0 bridgehead atoms. The average Bonchev–Trinajstić information content (AvgIpc) is 3.76. The first-order valence-corrected chi connectivity index (χ1v) is 23.1. The summed E-state index contributed by atoms with van der Waals surface area (Å²) in [4.78, 5) is 62.6. The number of carbonyl (C=O) groups excluding carboxylic acids is 4. The van der Waals surface area contributed by atoms with E-state index in [0.29, 0.717) is 64.0 Å². The highest BCUT2D eigenvalue weighted by atomic mass is 32.2. The van der Waals surface area contributed by atoms with Gasteiger partial charge < -0.3 is 35.5 Å². The number of likely N-dealkylation sites (tertiary alicyclic amines) is 1. The Bertz CT molecular complexity index is 2520. The van der Waals surface area contributed by atoms with Crippen molar-refractivity contribution in [1.29, 1.82) is 0 Å². The molecule has 0 aliphatic carbocycles. The van der Waals surface area contributed by atoms with Gasteiger partial charge in [-0.15, -0.1) is 0 Å². The van der Waals surface area contributed by atoms with Crippen LogP contribution in [-0.4, -0.2) is 91.7 Å². The Labute approximate surface area is 362 Å². The summed E-state index contributed by atoms with van der Waals surface area (Å²) in [6.45, 7) is 1.94. The number of urea groups is 1. The third-order valence-electron chi connectivity index (χ3n) is 12.5. The fourth-order valence-corrected chi connectivity index (χ4v) is 10.2. The second-order valence-electron chi connectivity index (χ2n) is 16.6. The van der Waals surface area contributed by atoms with Crippen molar-refractivity contribution in [3.63, 3.8) is 0 Å². The molecule has 4 heterocycles. The average molecular weight is 860 g/mol. The van der Waals surface area contributed by atoms with Gasteiger partial charge in [-0.3, -0.25) is 13.9 Å². The van der Waals surface area contributed by atoms with Crippen molar-refractivity contribution < 1.29 is 32.3 Å². The number of para-hydroxylation sites is 2. The maximum absolute atomic E-state index is 14.9. The molecule has 5 aromatic rings. The number of piperidine rings is 1. The van der Waals surface area contributed by atoms with Gasteiger partial charge in [0.1, 0.15) is 18.7 Å². The van der Waals surface area contributed by atoms with Gasteiger partial charge in [-0.1, -0.05) is 97.1 Å². The van der Waals surface area contributed by atoms with Gasteiger partial charge in [0.2, 0.25) is 21.8 Å². The highest BCUT2D eigenvalue weighted by Crippen LogP contribution is 2.47. The van der Waals surface area contributed by atoms with Crippen LogP contribution in [0, 0.1) is 0 Å². The van der Waals surface area contributed by atoms with Crippen molar-refractivity contribution in [3.8, 4) is 0 Å². The van der Waals surface area contributed by atoms with Crippen LogP contribution in [0.1, 0.15) is 60.1 Å². The Morgan fingerprint density at radius 3 is 2.27 bits per heavy atom. The number of hydrogen-bond acceptors (Lipinski definition) is 7. The van der Waals surface area contributed by atoms with Crippen LogP contribution in [0.3, 0.4) is 0 Å². The maximum atomic E-state index is 14.9. The predicted molar refractivity (Wildman–Crippen MR) is 237 cm³/mol. The molecule has 0 unspecified atom stereocenters. The number of nitrogens with one attached hydrogen (secondary N) is 4. The van der Waals surface area contributed by atoms with E-state index in [0.717, 1.165) is 38.9 Å². The van der Waals surface area contributed by atoms with Crippen LogP contribution in [-0.2, 0) is 55.9 Å². The molecular weight excluding hydrogens is 807 g/mol. The van der Waals surface area contributed by atoms with Gasteiger partial charge in [0.05, 0.1) is 18.5 Å². The van der Waals surface area contributed by atoms with E-state index in [4.69, 9.17) is 4.74 Å². The summed E-state index contributed by atoms with van der Waals surface area (Å²) in [6.07, 6.45) is 3.38. The number of hydrogen-bond donors (Lipinski definition) is 4. The molecule has 0 radical (unpaired) electrons. The van der Waals surface area contributed by atoms with E-state index >= 15 is 0 Å². The van der Waals surface area contributed by atoms with E-state index < -0.39 is 33.6 Å². The Morgan fingerprint density at radius 2 is 1.53 bits per heavy atom. The number of H-pyrrole nitrogens is 1. The third kappa shape index (κ3) is 9.27. The standard InChI is InChI=1S/C47H53N7O7S/c1-62(59,60)54-32-47(37-19-9-11-21-41(37)54)23-26-52(27-24-47)45(57)51-39-28-36-35-18-8-10-20-38(35)50-40(36)30-53(44(39)56)42(43(55)49-29-33-14-4-2-5-15-33)22-12-13-25-48-46(58)61-31-34-16-6-3-7-17-34/h2-11,14-21,39,42,50H,12-13,22-32H2,1H3,(H,48,58)(H,49,55)(H,51,57)/t39-,42+/m1/s1. The topological polar surface area (TPSA) is 173 Å². The smallest absolute Gasteiger partial charge is 0.407 e. The van der Waals surface area contributed by atoms with E-state index in [1.807, 2.05) is 109 Å². The number of aromatic amines is 1. The third-order valence-corrected chi connectivity index (χ3v) is 13.6. The number of alkyl carbamates (subject to hydrolysis) is 1. The summed E-state index contributed by atoms with van der Waals surface area (Å²) < 4.78 is 32.4. The molecule has 0 saturated carbocycles. The number of ether oxygens (including phenoxy) is 1. The summed E-state index contributed by atoms with van der Waals surface area (Å²) in [5, 5.41) is 9.88. The van der Waals surface area contributed by atoms with Crippen LogP contribution in [0.5, 0.6) is 0 Å². The molecule has 62 heavy (non-hydrogen) atoms. The lowest BCUT2D eigenvalue weighted by atomic mass is 9.74. The second kappa shape index (κ2) is 18.3. The molecule has 4 N–H and O–H groups in total. The van der Waals surface area contributed by atoms with Gasteiger partial charge in [0.25, 0.3) is 0 Å². The molecule has 15 heteroatoms. The van der Waals surface area contributed by atoms with E-state index in [9.17, 15) is 27.6 Å². The highest BCUT2D eigenvalue weighted by Gasteiger charge is 2.48. The Balaban J connectivity index is 0.989. The minimum Gasteiger partial charge on any atom is -0.445 e. The largest absolute Gasteiger partial charge is 0.445 e. The lowest BCUT2D eigenvalue weighted by Gasteiger charge is -2.40. The minimum atomic E-state index is -3.50. The van der Waals surface area contributed by atoms with Crippen molar-refractivity contribution in [2.45, 2.75) is 75.7 Å². The highest BCUT2D eigenvalue weighted by molar-refractivity contribution is 7.92. The molecule has 4 aromatic carbocycles. The lowest BCUT2D eigenvalue weighted by Crippen LogP contribution is -2.58. The molecule has 1 spiro atoms. The number of fused-ring (bicyclic) bond motifs is 5. The van der Waals surface area contributed by atoms with Crippen LogP contribution >= 0.6 is 0 Å². The summed E-state index contributed by atoms with van der Waals surface area (Å²) >= 11 is 0. The first-order valence-electron chi connectivity index (χ1n) is 21.3. The molecule has 1 aromatic heterocycles. The molecule has 14 nitrogen and oxygen atoms in total. The zero-order chi connectivity index (χ0) is 43.3. The zero-order valence-corrected chi connectivity index (χ0v) is 35.7. The summed E-state index contributed by atoms with van der Waals surface area (Å²) in [7, 11) is -3.50. The van der Waals surface area contributed by atoms with Crippen LogP contribution in [0.15, 0.2) is 109 Å². The van der Waals surface area contributed by atoms with Crippen LogP contribution in [0.25, 0.3) is 10.9 Å². The molecule has 2 atom stereocenters. The number of unbranched alkanes of at least 4 members (excludes halogenated alkanes) is 1. The number of rotatable bonds is 13. The van der Waals surface area contributed by atoms with Gasteiger partial charge in [-0.05, 0) is 66.5 Å². The number of sulfonamides is 1. The van der Waals surface area contributed by atoms with E-state index in [1.54, 1.807) is 9.80 Å². The summed E-state index contributed by atoms with van der Waals surface area (Å²) in [5.41, 5.74) is 5.63. The number of aromatic nitrogens is 1. The van der Waals surface area contributed by atoms with E-state index in [-0.39, 0.29) is 44.0 Å². The van der Waals surface area contributed by atoms with Gasteiger partial charge in [-0.2, -0.15) is 0 Å². The fourth-order valence-electron chi connectivity index (χ4n) is 9.19. The fraction of sp³-hybridized carbons (Fsp3) is 0.362. The van der Waals surface area contributed by atoms with Crippen molar-refractivity contribution >= 4 is 50.6 Å². The first kappa shape index (κ1) is 42.3. The van der Waals surface area contributed by atoms with Gasteiger partial charge in [-0.25, -0.2) is 18.0 Å². The Morgan fingerprint density at radius 1 is 0.855 bits per heavy atom. The van der Waals surface area contributed by atoms with Crippen LogP contribution in [0.4, 0.5) is 15.3 Å². The van der Waals surface area contributed by atoms with Crippen molar-refractivity contribution in [2.75, 3.05) is 36.7 Å². The number of amides is 5. The minimum absolute atomic E-state index is 0.130. The number of carbonyl (C=O) groups is 4. The number of anilines is 1. The molecule has 3 aliphatic rings. The van der Waals surface area contributed by atoms with Crippen molar-refractivity contribution in [2.24, 2.45) is 0 Å². The normalized spacial score (nSPS) is 17.5. The van der Waals surface area contributed by atoms with Crippen LogP contribution in [0.2, 0.25) is 0 Å². The molecule has 5 amide bonds. The van der Waals surface area contributed by atoms with E-state index in [2.05, 4.69) is 20.9 Å². The molecule has 8 rings (SSSR count). The van der Waals surface area contributed by atoms with E-state index in [1.165, 1.54) is 10.6 Å². The van der Waals surface area contributed by atoms with Crippen molar-refractivity contribution in [1.82, 2.24) is 30.7 Å². The molecule has 1 fully saturated rings. The molecular formula is C47H53N7O7S. The monoisotopic (exact) mass is 859 g/mol. The summed E-state index contributed by atoms with van der Waals surface area (Å²) in [6, 6.07) is 32.1. The lowest BCUT2D eigenvalue weighted by molar-refractivity contribution is -0.142. The maximum Gasteiger partial charge on any atom is 0.407 e. The van der Waals surface area contributed by atoms with Gasteiger partial charge in [0.15, 0.2) is 0 Å². The number of benzene rings is 4.